The minimum absolute atomic E-state index is 0.797. The summed E-state index contributed by atoms with van der Waals surface area (Å²) in [5.74, 6) is 2.84. The van der Waals surface area contributed by atoms with E-state index in [9.17, 15) is 0 Å². The first-order valence-corrected chi connectivity index (χ1v) is 8.52. The zero-order valence-electron chi connectivity index (χ0n) is 12.7. The smallest absolute Gasteiger partial charge is 0.119 e. The highest BCUT2D eigenvalue weighted by atomic mass is 16.5. The molecule has 21 heavy (non-hydrogen) atoms. The number of rotatable bonds is 6. The highest BCUT2D eigenvalue weighted by Gasteiger charge is 2.20. The van der Waals surface area contributed by atoms with Crippen molar-refractivity contribution in [3.63, 3.8) is 0 Å². The van der Waals surface area contributed by atoms with E-state index >= 15 is 0 Å². The molecular formula is C20H24O. The van der Waals surface area contributed by atoms with Gasteiger partial charge < -0.3 is 4.74 Å². The van der Waals surface area contributed by atoms with Crippen molar-refractivity contribution in [2.75, 3.05) is 6.61 Å². The maximum atomic E-state index is 5.94. The molecule has 1 heteroatoms. The Morgan fingerprint density at radius 1 is 0.857 bits per heavy atom. The van der Waals surface area contributed by atoms with E-state index in [1.807, 2.05) is 0 Å². The van der Waals surface area contributed by atoms with E-state index in [1.165, 1.54) is 61.3 Å². The molecule has 0 atom stereocenters. The first-order valence-electron chi connectivity index (χ1n) is 8.52. The lowest BCUT2D eigenvalue weighted by atomic mass is 9.86. The first kappa shape index (κ1) is 13.2. The van der Waals surface area contributed by atoms with Gasteiger partial charge in [0, 0.05) is 0 Å². The fraction of sp³-hybridized carbons (Fsp3) is 0.500. The molecule has 0 bridgehead atoms. The maximum absolute atomic E-state index is 5.94. The van der Waals surface area contributed by atoms with Crippen LogP contribution in [-0.4, -0.2) is 6.61 Å². The molecule has 2 aromatic rings. The van der Waals surface area contributed by atoms with Crippen LogP contribution in [0.15, 0.2) is 36.4 Å². The topological polar surface area (TPSA) is 9.23 Å². The molecule has 0 heterocycles. The van der Waals surface area contributed by atoms with E-state index in [-0.39, 0.29) is 0 Å². The zero-order valence-corrected chi connectivity index (χ0v) is 12.7. The fourth-order valence-electron chi connectivity index (χ4n) is 3.17. The summed E-state index contributed by atoms with van der Waals surface area (Å²) in [7, 11) is 0. The Hall–Kier alpha value is -1.50. The van der Waals surface area contributed by atoms with Crippen molar-refractivity contribution in [3.8, 4) is 5.75 Å². The SMILES string of the molecule is c1cc2cc(OCC3CCC3)ccc2cc1CCC1CC1. The van der Waals surface area contributed by atoms with Gasteiger partial charge in [-0.25, -0.2) is 0 Å². The molecule has 4 rings (SSSR count). The molecule has 0 radical (unpaired) electrons. The Bertz CT molecular complexity index is 623. The molecule has 0 amide bonds. The van der Waals surface area contributed by atoms with Crippen LogP contribution >= 0.6 is 0 Å². The lowest BCUT2D eigenvalue weighted by Gasteiger charge is -2.25. The summed E-state index contributed by atoms with van der Waals surface area (Å²) >= 11 is 0. The van der Waals surface area contributed by atoms with Crippen LogP contribution in [0.1, 0.15) is 44.1 Å². The van der Waals surface area contributed by atoms with Crippen molar-refractivity contribution in [2.45, 2.75) is 44.9 Å². The third-order valence-corrected chi connectivity index (χ3v) is 5.12. The van der Waals surface area contributed by atoms with E-state index in [1.54, 1.807) is 0 Å². The lowest BCUT2D eigenvalue weighted by molar-refractivity contribution is 0.181. The summed E-state index contributed by atoms with van der Waals surface area (Å²) in [6.07, 6.45) is 9.59. The number of hydrogen-bond acceptors (Lipinski definition) is 1. The molecule has 0 aliphatic heterocycles. The normalized spacial score (nSPS) is 18.7. The van der Waals surface area contributed by atoms with Gasteiger partial charge in [0.05, 0.1) is 6.61 Å². The van der Waals surface area contributed by atoms with Crippen LogP contribution in [0, 0.1) is 11.8 Å². The quantitative estimate of drug-likeness (QED) is 0.692. The van der Waals surface area contributed by atoms with E-state index in [4.69, 9.17) is 4.74 Å². The van der Waals surface area contributed by atoms with Gasteiger partial charge in [0.15, 0.2) is 0 Å². The molecule has 0 aromatic heterocycles. The van der Waals surface area contributed by atoms with Crippen molar-refractivity contribution in [1.29, 1.82) is 0 Å². The standard InChI is InChI=1S/C20H24O/c1-2-17(3-1)14-21-20-11-10-18-12-16(7-6-15-4-5-15)8-9-19(18)13-20/h8-13,15,17H,1-7,14H2. The second kappa shape index (κ2) is 5.71. The molecule has 1 nitrogen and oxygen atoms in total. The highest BCUT2D eigenvalue weighted by molar-refractivity contribution is 5.84. The van der Waals surface area contributed by atoms with Crippen molar-refractivity contribution in [1.82, 2.24) is 0 Å². The molecule has 2 aliphatic rings. The summed E-state index contributed by atoms with van der Waals surface area (Å²) in [6, 6.07) is 13.4. The number of aryl methyl sites for hydroxylation is 1. The van der Waals surface area contributed by atoms with Crippen LogP contribution in [0.2, 0.25) is 0 Å². The van der Waals surface area contributed by atoms with Gasteiger partial charge >= 0.3 is 0 Å². The van der Waals surface area contributed by atoms with Crippen LogP contribution in [0.3, 0.4) is 0 Å². The van der Waals surface area contributed by atoms with Gasteiger partial charge in [-0.05, 0) is 66.0 Å². The fourth-order valence-corrected chi connectivity index (χ4v) is 3.17. The van der Waals surface area contributed by atoms with Crippen LogP contribution in [0.4, 0.5) is 0 Å². The van der Waals surface area contributed by atoms with Crippen molar-refractivity contribution in [3.05, 3.63) is 42.0 Å². The van der Waals surface area contributed by atoms with Crippen molar-refractivity contribution >= 4 is 10.8 Å². The van der Waals surface area contributed by atoms with Crippen molar-refractivity contribution < 1.29 is 4.74 Å². The molecule has 0 unspecified atom stereocenters. The Morgan fingerprint density at radius 3 is 2.43 bits per heavy atom. The summed E-state index contributed by atoms with van der Waals surface area (Å²) < 4.78 is 5.94. The second-order valence-electron chi connectivity index (χ2n) is 6.93. The summed E-state index contributed by atoms with van der Waals surface area (Å²) in [5.41, 5.74) is 1.48. The third-order valence-electron chi connectivity index (χ3n) is 5.12. The molecule has 0 spiro atoms. The highest BCUT2D eigenvalue weighted by Crippen LogP contribution is 2.34. The van der Waals surface area contributed by atoms with E-state index in [0.717, 1.165) is 24.2 Å². The number of fused-ring (bicyclic) bond motifs is 1. The molecule has 2 saturated carbocycles. The van der Waals surface area contributed by atoms with Gasteiger partial charge in [-0.2, -0.15) is 0 Å². The number of benzene rings is 2. The van der Waals surface area contributed by atoms with Crippen LogP contribution in [0.5, 0.6) is 5.75 Å². The summed E-state index contributed by atoms with van der Waals surface area (Å²) in [4.78, 5) is 0. The van der Waals surface area contributed by atoms with Crippen LogP contribution in [0.25, 0.3) is 10.8 Å². The first-order chi connectivity index (χ1) is 10.4. The van der Waals surface area contributed by atoms with E-state index < -0.39 is 0 Å². The molecule has 2 aromatic carbocycles. The zero-order chi connectivity index (χ0) is 14.1. The Kier molecular flexibility index (Phi) is 3.58. The van der Waals surface area contributed by atoms with Gasteiger partial charge in [0.25, 0.3) is 0 Å². The number of hydrogen-bond donors (Lipinski definition) is 0. The molecule has 2 fully saturated rings. The van der Waals surface area contributed by atoms with E-state index in [2.05, 4.69) is 36.4 Å². The van der Waals surface area contributed by atoms with Gasteiger partial charge in [-0.15, -0.1) is 0 Å². The van der Waals surface area contributed by atoms with Crippen molar-refractivity contribution in [2.24, 2.45) is 11.8 Å². The Morgan fingerprint density at radius 2 is 1.67 bits per heavy atom. The summed E-state index contributed by atoms with van der Waals surface area (Å²) in [5, 5.41) is 2.65. The number of ether oxygens (including phenoxy) is 1. The van der Waals surface area contributed by atoms with Crippen LogP contribution < -0.4 is 4.74 Å². The van der Waals surface area contributed by atoms with Crippen LogP contribution in [-0.2, 0) is 6.42 Å². The molecule has 0 N–H and O–H groups in total. The van der Waals surface area contributed by atoms with E-state index in [0.29, 0.717) is 0 Å². The third kappa shape index (κ3) is 3.23. The van der Waals surface area contributed by atoms with Gasteiger partial charge in [-0.3, -0.25) is 0 Å². The average molecular weight is 280 g/mol. The predicted molar refractivity (Wildman–Crippen MR) is 87.8 cm³/mol. The molecule has 2 aliphatic carbocycles. The minimum Gasteiger partial charge on any atom is -0.493 e. The van der Waals surface area contributed by atoms with Gasteiger partial charge in [0.1, 0.15) is 5.75 Å². The second-order valence-corrected chi connectivity index (χ2v) is 6.93. The largest absolute Gasteiger partial charge is 0.493 e. The summed E-state index contributed by atoms with van der Waals surface area (Å²) in [6.45, 7) is 0.894. The Labute approximate surface area is 127 Å². The van der Waals surface area contributed by atoms with Gasteiger partial charge in [0.2, 0.25) is 0 Å². The molecule has 0 saturated heterocycles. The maximum Gasteiger partial charge on any atom is 0.119 e. The van der Waals surface area contributed by atoms with Gasteiger partial charge in [-0.1, -0.05) is 43.5 Å². The average Bonchev–Trinajstić information content (AvgIpc) is 3.27. The predicted octanol–water partition coefficient (Wildman–Crippen LogP) is 5.36. The Balaban J connectivity index is 1.44. The molecular weight excluding hydrogens is 256 g/mol. The lowest BCUT2D eigenvalue weighted by Crippen LogP contribution is -2.19. The molecule has 110 valence electrons. The minimum atomic E-state index is 0.797. The monoisotopic (exact) mass is 280 g/mol.